The molecule has 4 rings (SSSR count). The molecule has 0 atom stereocenters. The number of fused-ring (bicyclic) bond motifs is 1. The van der Waals surface area contributed by atoms with Gasteiger partial charge in [0, 0.05) is 61.2 Å². The third kappa shape index (κ3) is 5.38. The number of halogens is 3. The lowest BCUT2D eigenvalue weighted by Crippen LogP contribution is -2.31. The van der Waals surface area contributed by atoms with Gasteiger partial charge < -0.3 is 4.74 Å². The molecule has 8 heteroatoms. The highest BCUT2D eigenvalue weighted by molar-refractivity contribution is 5.61. The zero-order chi connectivity index (χ0) is 22.0. The highest BCUT2D eigenvalue weighted by atomic mass is 19.4. The van der Waals surface area contributed by atoms with Crippen molar-refractivity contribution in [3.05, 3.63) is 71.4 Å². The second kappa shape index (κ2) is 8.63. The molecule has 0 bridgehead atoms. The molecule has 0 amide bonds. The summed E-state index contributed by atoms with van der Waals surface area (Å²) in [7, 11) is 0. The Morgan fingerprint density at radius 2 is 1.94 bits per heavy atom. The van der Waals surface area contributed by atoms with Gasteiger partial charge in [0.05, 0.1) is 5.69 Å². The average Bonchev–Trinajstić information content (AvgIpc) is 2.73. The van der Waals surface area contributed by atoms with E-state index in [-0.39, 0.29) is 5.75 Å². The van der Waals surface area contributed by atoms with E-state index in [2.05, 4.69) is 33.5 Å². The van der Waals surface area contributed by atoms with Crippen molar-refractivity contribution in [1.29, 1.82) is 0 Å². The zero-order valence-electron chi connectivity index (χ0n) is 17.4. The van der Waals surface area contributed by atoms with Crippen molar-refractivity contribution < 1.29 is 17.9 Å². The quantitative estimate of drug-likeness (QED) is 0.565. The summed E-state index contributed by atoms with van der Waals surface area (Å²) in [5.41, 5.74) is 4.48. The minimum Gasteiger partial charge on any atom is -0.406 e. The van der Waals surface area contributed by atoms with Crippen molar-refractivity contribution in [2.45, 2.75) is 45.6 Å². The summed E-state index contributed by atoms with van der Waals surface area (Å²) >= 11 is 0. The van der Waals surface area contributed by atoms with Crippen molar-refractivity contribution in [2.75, 3.05) is 6.54 Å². The second-order valence-electron chi connectivity index (χ2n) is 7.94. The number of nitrogens with zero attached hydrogens (tertiary/aromatic N) is 4. The van der Waals surface area contributed by atoms with E-state index in [0.717, 1.165) is 48.7 Å². The van der Waals surface area contributed by atoms with Crippen molar-refractivity contribution in [3.63, 3.8) is 0 Å². The monoisotopic (exact) mass is 428 g/mol. The number of rotatable bonds is 5. The largest absolute Gasteiger partial charge is 0.573 e. The molecule has 0 N–H and O–H groups in total. The summed E-state index contributed by atoms with van der Waals surface area (Å²) in [6, 6.07) is 9.60. The molecular weight excluding hydrogens is 405 g/mol. The van der Waals surface area contributed by atoms with Crippen LogP contribution in [0.25, 0.3) is 11.3 Å². The highest BCUT2D eigenvalue weighted by Crippen LogP contribution is 2.27. The fourth-order valence-corrected chi connectivity index (χ4v) is 3.60. The summed E-state index contributed by atoms with van der Waals surface area (Å²) in [5.74, 6) is 0.941. The van der Waals surface area contributed by atoms with Gasteiger partial charge in [-0.2, -0.15) is 0 Å². The average molecular weight is 428 g/mol. The van der Waals surface area contributed by atoms with E-state index in [4.69, 9.17) is 4.98 Å². The molecule has 0 fully saturated rings. The van der Waals surface area contributed by atoms with Crippen LogP contribution in [0.5, 0.6) is 5.75 Å². The first-order valence-corrected chi connectivity index (χ1v) is 10.1. The predicted octanol–water partition coefficient (Wildman–Crippen LogP) is 5.12. The smallest absolute Gasteiger partial charge is 0.406 e. The molecule has 0 saturated carbocycles. The van der Waals surface area contributed by atoms with Gasteiger partial charge in [0.2, 0.25) is 0 Å². The van der Waals surface area contributed by atoms with Crippen LogP contribution in [0.1, 0.15) is 42.4 Å². The maximum absolute atomic E-state index is 12.4. The van der Waals surface area contributed by atoms with E-state index in [0.29, 0.717) is 17.2 Å². The summed E-state index contributed by atoms with van der Waals surface area (Å²) in [5, 5.41) is 0. The van der Waals surface area contributed by atoms with Gasteiger partial charge in [0.1, 0.15) is 11.6 Å². The van der Waals surface area contributed by atoms with E-state index in [9.17, 15) is 13.2 Å². The number of hydrogen-bond donors (Lipinski definition) is 0. The molecule has 5 nitrogen and oxygen atoms in total. The van der Waals surface area contributed by atoms with Gasteiger partial charge >= 0.3 is 6.36 Å². The fourth-order valence-electron chi connectivity index (χ4n) is 3.60. The molecule has 3 heterocycles. The number of hydrogen-bond acceptors (Lipinski definition) is 5. The van der Waals surface area contributed by atoms with Crippen LogP contribution in [0.4, 0.5) is 13.2 Å². The highest BCUT2D eigenvalue weighted by Gasteiger charge is 2.31. The molecular formula is C23H23F3N4O. The number of pyridine rings is 1. The van der Waals surface area contributed by atoms with Crippen LogP contribution in [-0.4, -0.2) is 32.8 Å². The SMILES string of the molecule is CC(C)c1ncc2c(n1)CCN(Cc1ccc(-c3cccc(OC(F)(F)F)c3)nc1)C2. The van der Waals surface area contributed by atoms with E-state index in [1.165, 1.54) is 18.2 Å². The van der Waals surface area contributed by atoms with Crippen molar-refractivity contribution in [1.82, 2.24) is 19.9 Å². The van der Waals surface area contributed by atoms with Gasteiger partial charge in [0.15, 0.2) is 0 Å². The van der Waals surface area contributed by atoms with Gasteiger partial charge in [-0.05, 0) is 23.8 Å². The molecule has 0 aliphatic carbocycles. The minimum atomic E-state index is -4.72. The van der Waals surface area contributed by atoms with Crippen molar-refractivity contribution in [2.24, 2.45) is 0 Å². The normalized spacial score (nSPS) is 14.5. The first-order chi connectivity index (χ1) is 14.8. The van der Waals surface area contributed by atoms with Gasteiger partial charge in [-0.3, -0.25) is 9.88 Å². The summed E-state index contributed by atoms with van der Waals surface area (Å²) in [6.45, 7) is 6.60. The third-order valence-corrected chi connectivity index (χ3v) is 5.14. The van der Waals surface area contributed by atoms with E-state index in [1.54, 1.807) is 12.3 Å². The lowest BCUT2D eigenvalue weighted by Gasteiger charge is -2.28. The molecule has 3 aromatic rings. The van der Waals surface area contributed by atoms with E-state index in [1.807, 2.05) is 18.3 Å². The van der Waals surface area contributed by atoms with Crippen LogP contribution >= 0.6 is 0 Å². The molecule has 1 aromatic carbocycles. The van der Waals surface area contributed by atoms with Gasteiger partial charge in [-0.15, -0.1) is 13.2 Å². The fraction of sp³-hybridized carbons (Fsp3) is 0.348. The van der Waals surface area contributed by atoms with Gasteiger partial charge in [0.25, 0.3) is 0 Å². The number of alkyl halides is 3. The Morgan fingerprint density at radius 3 is 2.65 bits per heavy atom. The molecule has 0 unspecified atom stereocenters. The molecule has 162 valence electrons. The Bertz CT molecular complexity index is 1050. The summed E-state index contributed by atoms with van der Waals surface area (Å²) in [4.78, 5) is 15.9. The molecule has 0 saturated heterocycles. The maximum atomic E-state index is 12.4. The molecule has 0 spiro atoms. The first-order valence-electron chi connectivity index (χ1n) is 10.1. The van der Waals surface area contributed by atoms with Crippen molar-refractivity contribution >= 4 is 0 Å². The van der Waals surface area contributed by atoms with E-state index >= 15 is 0 Å². The Labute approximate surface area is 178 Å². The molecule has 0 radical (unpaired) electrons. The molecule has 1 aliphatic heterocycles. The number of aromatic nitrogens is 3. The van der Waals surface area contributed by atoms with E-state index < -0.39 is 6.36 Å². The molecule has 31 heavy (non-hydrogen) atoms. The Kier molecular flexibility index (Phi) is 5.91. The summed E-state index contributed by atoms with van der Waals surface area (Å²) in [6.07, 6.45) is -0.138. The molecule has 1 aliphatic rings. The van der Waals surface area contributed by atoms with Crippen LogP contribution in [0.2, 0.25) is 0 Å². The van der Waals surface area contributed by atoms with Gasteiger partial charge in [-0.25, -0.2) is 9.97 Å². The van der Waals surface area contributed by atoms with Crippen LogP contribution in [-0.2, 0) is 19.5 Å². The Hall–Kier alpha value is -3.00. The minimum absolute atomic E-state index is 0.259. The first kappa shape index (κ1) is 21.2. The Balaban J connectivity index is 1.42. The predicted molar refractivity (Wildman–Crippen MR) is 110 cm³/mol. The third-order valence-electron chi connectivity index (χ3n) is 5.14. The maximum Gasteiger partial charge on any atom is 0.573 e. The zero-order valence-corrected chi connectivity index (χ0v) is 17.4. The van der Waals surface area contributed by atoms with Crippen LogP contribution in [0, 0.1) is 0 Å². The lowest BCUT2D eigenvalue weighted by molar-refractivity contribution is -0.274. The molecule has 2 aromatic heterocycles. The standard InChI is InChI=1S/C23H23F3N4O/c1-15(2)22-28-12-18-14-30(9-8-21(18)29-22)13-16-6-7-20(27-11-16)17-4-3-5-19(10-17)31-23(24,25)26/h3-7,10-12,15H,8-9,13-14H2,1-2H3. The van der Waals surface area contributed by atoms with Gasteiger partial charge in [-0.1, -0.05) is 32.0 Å². The Morgan fingerprint density at radius 1 is 1.10 bits per heavy atom. The number of ether oxygens (including phenoxy) is 1. The van der Waals surface area contributed by atoms with Crippen LogP contribution < -0.4 is 4.74 Å². The lowest BCUT2D eigenvalue weighted by atomic mass is 10.1. The summed E-state index contributed by atoms with van der Waals surface area (Å²) < 4.78 is 41.3. The topological polar surface area (TPSA) is 51.1 Å². The van der Waals surface area contributed by atoms with Crippen LogP contribution in [0.15, 0.2) is 48.8 Å². The van der Waals surface area contributed by atoms with Crippen molar-refractivity contribution in [3.8, 4) is 17.0 Å². The number of benzene rings is 1. The van der Waals surface area contributed by atoms with Crippen LogP contribution in [0.3, 0.4) is 0 Å². The second-order valence-corrected chi connectivity index (χ2v) is 7.94.